The Balaban J connectivity index is 2.01. The van der Waals surface area contributed by atoms with Crippen molar-refractivity contribution < 1.29 is 14.7 Å². The van der Waals surface area contributed by atoms with E-state index in [1.165, 1.54) is 10.9 Å². The van der Waals surface area contributed by atoms with E-state index in [9.17, 15) is 9.59 Å². The Bertz CT molecular complexity index is 679. The maximum Gasteiger partial charge on any atom is 0.337 e. The van der Waals surface area contributed by atoms with Crippen LogP contribution in [-0.2, 0) is 6.54 Å². The number of carboxylic acids is 1. The number of urea groups is 1. The Morgan fingerprint density at radius 3 is 2.57 bits per heavy atom. The molecule has 1 heterocycles. The lowest BCUT2D eigenvalue weighted by Crippen LogP contribution is -2.28. The quantitative estimate of drug-likeness (QED) is 0.810. The van der Waals surface area contributed by atoms with E-state index >= 15 is 0 Å². The van der Waals surface area contributed by atoms with Gasteiger partial charge in [0.1, 0.15) is 0 Å². The van der Waals surface area contributed by atoms with Crippen LogP contribution in [-0.4, -0.2) is 17.1 Å². The molecule has 1 aromatic heterocycles. The van der Waals surface area contributed by atoms with E-state index in [4.69, 9.17) is 5.11 Å². The minimum Gasteiger partial charge on any atom is -0.478 e. The molecule has 21 heavy (non-hydrogen) atoms. The molecule has 0 bridgehead atoms. The van der Waals surface area contributed by atoms with E-state index in [1.807, 2.05) is 19.1 Å². The molecule has 0 unspecified atom stereocenters. The van der Waals surface area contributed by atoms with Crippen molar-refractivity contribution in [3.8, 4) is 0 Å². The van der Waals surface area contributed by atoms with Crippen molar-refractivity contribution in [2.45, 2.75) is 20.4 Å². The van der Waals surface area contributed by atoms with Gasteiger partial charge in [0.05, 0.1) is 17.8 Å². The first-order valence-electron chi connectivity index (χ1n) is 6.40. The topological polar surface area (TPSA) is 78.4 Å². The minimum atomic E-state index is -1.07. The van der Waals surface area contributed by atoms with Gasteiger partial charge in [-0.25, -0.2) is 9.59 Å². The van der Waals surface area contributed by atoms with E-state index in [0.717, 1.165) is 10.4 Å². The van der Waals surface area contributed by atoms with Crippen molar-refractivity contribution in [3.63, 3.8) is 0 Å². The van der Waals surface area contributed by atoms with Crippen LogP contribution in [0.15, 0.2) is 30.3 Å². The molecule has 6 heteroatoms. The largest absolute Gasteiger partial charge is 0.478 e. The third kappa shape index (κ3) is 4.06. The highest BCUT2D eigenvalue weighted by atomic mass is 32.1. The number of aryl methyl sites for hydroxylation is 2. The number of anilines is 1. The number of thiophene rings is 1. The summed E-state index contributed by atoms with van der Waals surface area (Å²) in [7, 11) is 0. The first kappa shape index (κ1) is 15.1. The number of benzene rings is 1. The number of hydrogen-bond donors (Lipinski definition) is 3. The van der Waals surface area contributed by atoms with E-state index in [-0.39, 0.29) is 11.3 Å². The molecule has 0 radical (unpaired) electrons. The number of amides is 2. The Kier molecular flexibility index (Phi) is 4.59. The standard InChI is InChI=1S/C15H16N2O3S/c1-9-3-6-13(12(7-9)14(18)19)17-15(20)16-8-11-5-4-10(2)21-11/h3-7H,8H2,1-2H3,(H,18,19)(H2,16,17,20). The second-order valence-electron chi connectivity index (χ2n) is 4.67. The molecule has 3 N–H and O–H groups in total. The van der Waals surface area contributed by atoms with Gasteiger partial charge in [0.25, 0.3) is 0 Å². The molecule has 2 aromatic rings. The summed E-state index contributed by atoms with van der Waals surface area (Å²) in [6, 6.07) is 8.39. The highest BCUT2D eigenvalue weighted by Gasteiger charge is 2.12. The predicted molar refractivity (Wildman–Crippen MR) is 83.1 cm³/mol. The van der Waals surface area contributed by atoms with Gasteiger partial charge in [-0.15, -0.1) is 11.3 Å². The third-order valence-corrected chi connectivity index (χ3v) is 3.87. The maximum atomic E-state index is 11.8. The van der Waals surface area contributed by atoms with E-state index in [0.29, 0.717) is 6.54 Å². The van der Waals surface area contributed by atoms with Gasteiger partial charge in [-0.05, 0) is 38.1 Å². The average molecular weight is 304 g/mol. The zero-order valence-corrected chi connectivity index (χ0v) is 12.6. The van der Waals surface area contributed by atoms with Crippen LogP contribution >= 0.6 is 11.3 Å². The zero-order chi connectivity index (χ0) is 15.4. The van der Waals surface area contributed by atoms with Crippen LogP contribution in [0, 0.1) is 13.8 Å². The summed E-state index contributed by atoms with van der Waals surface area (Å²) in [5.74, 6) is -1.07. The molecule has 0 saturated heterocycles. The monoisotopic (exact) mass is 304 g/mol. The molecular weight excluding hydrogens is 288 g/mol. The summed E-state index contributed by atoms with van der Waals surface area (Å²) in [6.07, 6.45) is 0. The van der Waals surface area contributed by atoms with E-state index < -0.39 is 12.0 Å². The molecule has 0 saturated carbocycles. The number of carbonyl (C=O) groups is 2. The number of nitrogens with one attached hydrogen (secondary N) is 2. The molecule has 110 valence electrons. The Morgan fingerprint density at radius 2 is 1.95 bits per heavy atom. The Hall–Kier alpha value is -2.34. The normalized spacial score (nSPS) is 10.2. The Morgan fingerprint density at radius 1 is 1.19 bits per heavy atom. The third-order valence-electron chi connectivity index (χ3n) is 2.87. The van der Waals surface area contributed by atoms with Crippen LogP contribution in [0.1, 0.15) is 25.7 Å². The van der Waals surface area contributed by atoms with Crippen LogP contribution in [0.3, 0.4) is 0 Å². The number of rotatable bonds is 4. The minimum absolute atomic E-state index is 0.0807. The first-order valence-corrected chi connectivity index (χ1v) is 7.21. The van der Waals surface area contributed by atoms with Crippen LogP contribution in [0.4, 0.5) is 10.5 Å². The van der Waals surface area contributed by atoms with Crippen LogP contribution in [0.5, 0.6) is 0 Å². The van der Waals surface area contributed by atoms with Crippen molar-refractivity contribution in [1.29, 1.82) is 0 Å². The number of hydrogen-bond acceptors (Lipinski definition) is 3. The molecule has 5 nitrogen and oxygen atoms in total. The smallest absolute Gasteiger partial charge is 0.337 e. The fourth-order valence-corrected chi connectivity index (χ4v) is 2.69. The molecule has 0 aliphatic heterocycles. The van der Waals surface area contributed by atoms with Gasteiger partial charge in [-0.3, -0.25) is 0 Å². The SMILES string of the molecule is Cc1ccc(NC(=O)NCc2ccc(C)s2)c(C(=O)O)c1. The van der Waals surface area contributed by atoms with E-state index in [2.05, 4.69) is 10.6 Å². The highest BCUT2D eigenvalue weighted by molar-refractivity contribution is 7.11. The average Bonchev–Trinajstić information content (AvgIpc) is 2.84. The van der Waals surface area contributed by atoms with Crippen molar-refractivity contribution in [1.82, 2.24) is 5.32 Å². The van der Waals surface area contributed by atoms with Gasteiger partial charge < -0.3 is 15.7 Å². The fraction of sp³-hybridized carbons (Fsp3) is 0.200. The van der Waals surface area contributed by atoms with Gasteiger partial charge >= 0.3 is 12.0 Å². The summed E-state index contributed by atoms with van der Waals surface area (Å²) >= 11 is 1.61. The molecular formula is C15H16N2O3S. The molecule has 0 spiro atoms. The van der Waals surface area contributed by atoms with Crippen LogP contribution in [0.2, 0.25) is 0 Å². The second-order valence-corrected chi connectivity index (χ2v) is 6.05. The maximum absolute atomic E-state index is 11.8. The molecule has 2 rings (SSSR count). The lowest BCUT2D eigenvalue weighted by atomic mass is 10.1. The summed E-state index contributed by atoms with van der Waals surface area (Å²) in [6.45, 7) is 4.22. The first-order chi connectivity index (χ1) is 9.95. The summed E-state index contributed by atoms with van der Waals surface area (Å²) in [5.41, 5.74) is 1.19. The van der Waals surface area contributed by atoms with E-state index in [1.54, 1.807) is 30.4 Å². The molecule has 1 aromatic carbocycles. The predicted octanol–water partition coefficient (Wildman–Crippen LogP) is 3.38. The molecule has 0 atom stereocenters. The molecule has 0 fully saturated rings. The molecule has 0 aliphatic rings. The van der Waals surface area contributed by atoms with Crippen molar-refractivity contribution >= 4 is 29.0 Å². The zero-order valence-electron chi connectivity index (χ0n) is 11.8. The van der Waals surface area contributed by atoms with Crippen LogP contribution in [0.25, 0.3) is 0 Å². The lowest BCUT2D eigenvalue weighted by molar-refractivity contribution is 0.0698. The van der Waals surface area contributed by atoms with Gasteiger partial charge in [-0.2, -0.15) is 0 Å². The summed E-state index contributed by atoms with van der Waals surface area (Å²) < 4.78 is 0. The van der Waals surface area contributed by atoms with Crippen LogP contribution < -0.4 is 10.6 Å². The number of aromatic carboxylic acids is 1. The number of carbonyl (C=O) groups excluding carboxylic acids is 1. The Labute approximate surface area is 126 Å². The number of carboxylic acid groups (broad SMARTS) is 1. The van der Waals surface area contributed by atoms with Gasteiger partial charge in [0.15, 0.2) is 0 Å². The summed E-state index contributed by atoms with van der Waals surface area (Å²) in [4.78, 5) is 25.2. The summed E-state index contributed by atoms with van der Waals surface area (Å²) in [5, 5.41) is 14.4. The van der Waals surface area contributed by atoms with Gasteiger partial charge in [0, 0.05) is 9.75 Å². The van der Waals surface area contributed by atoms with Gasteiger partial charge in [-0.1, -0.05) is 11.6 Å². The van der Waals surface area contributed by atoms with Crippen molar-refractivity contribution in [3.05, 3.63) is 51.2 Å². The van der Waals surface area contributed by atoms with Crippen molar-refractivity contribution in [2.24, 2.45) is 0 Å². The van der Waals surface area contributed by atoms with Crippen molar-refractivity contribution in [2.75, 3.05) is 5.32 Å². The fourth-order valence-electron chi connectivity index (χ4n) is 1.86. The highest BCUT2D eigenvalue weighted by Crippen LogP contribution is 2.18. The lowest BCUT2D eigenvalue weighted by Gasteiger charge is -2.10. The van der Waals surface area contributed by atoms with Gasteiger partial charge in [0.2, 0.25) is 0 Å². The second kappa shape index (κ2) is 6.41. The molecule has 0 aliphatic carbocycles. The molecule has 2 amide bonds.